The van der Waals surface area contributed by atoms with Crippen molar-refractivity contribution in [1.29, 1.82) is 0 Å². The van der Waals surface area contributed by atoms with E-state index in [9.17, 15) is 9.59 Å². The van der Waals surface area contributed by atoms with Gasteiger partial charge < -0.3 is 19.7 Å². The Labute approximate surface area is 192 Å². The summed E-state index contributed by atoms with van der Waals surface area (Å²) in [7, 11) is 0. The Hall–Kier alpha value is -2.44. The van der Waals surface area contributed by atoms with Gasteiger partial charge in [-0.05, 0) is 57.0 Å². The average Bonchev–Trinajstić information content (AvgIpc) is 3.19. The Balaban J connectivity index is 1.77. The van der Waals surface area contributed by atoms with Crippen molar-refractivity contribution in [3.05, 3.63) is 57.6 Å². The maximum atomic E-state index is 13.2. The van der Waals surface area contributed by atoms with Crippen LogP contribution >= 0.6 is 23.2 Å². The second kappa shape index (κ2) is 10.2. The van der Waals surface area contributed by atoms with Gasteiger partial charge in [0, 0.05) is 34.6 Å². The number of benzene rings is 2. The van der Waals surface area contributed by atoms with Crippen LogP contribution in [0.3, 0.4) is 0 Å². The lowest BCUT2D eigenvalue weighted by atomic mass is 10.1. The van der Waals surface area contributed by atoms with E-state index < -0.39 is 6.04 Å². The van der Waals surface area contributed by atoms with E-state index in [1.54, 1.807) is 25.1 Å². The highest BCUT2D eigenvalue weighted by Gasteiger charge is 2.27. The van der Waals surface area contributed by atoms with Crippen LogP contribution in [-0.4, -0.2) is 35.6 Å². The largest absolute Gasteiger partial charge is 0.454 e. The van der Waals surface area contributed by atoms with E-state index in [4.69, 9.17) is 32.7 Å². The number of aryl methyl sites for hydroxylation is 1. The van der Waals surface area contributed by atoms with E-state index in [0.717, 1.165) is 5.56 Å². The van der Waals surface area contributed by atoms with Gasteiger partial charge in [0.25, 0.3) is 0 Å². The van der Waals surface area contributed by atoms with Crippen LogP contribution in [0.25, 0.3) is 0 Å². The summed E-state index contributed by atoms with van der Waals surface area (Å²) in [6, 6.07) is 10.1. The predicted molar refractivity (Wildman–Crippen MR) is 121 cm³/mol. The van der Waals surface area contributed by atoms with Crippen LogP contribution in [0.4, 0.5) is 0 Å². The molecule has 1 N–H and O–H groups in total. The molecule has 166 valence electrons. The molecule has 2 amide bonds. The monoisotopic (exact) mass is 464 g/mol. The molecule has 1 atom stereocenters. The van der Waals surface area contributed by atoms with Gasteiger partial charge in [0.15, 0.2) is 11.5 Å². The molecule has 0 saturated heterocycles. The number of amides is 2. The van der Waals surface area contributed by atoms with Gasteiger partial charge in [-0.2, -0.15) is 0 Å². The molecule has 1 aliphatic heterocycles. The SMILES string of the molecule is CC(C)NC(=O)C(C)N(Cc1c(Cl)cccc1Cl)C(=O)CCc1ccc2c(c1)OCO2. The van der Waals surface area contributed by atoms with Gasteiger partial charge >= 0.3 is 0 Å². The van der Waals surface area contributed by atoms with Crippen molar-refractivity contribution in [3.8, 4) is 11.5 Å². The molecule has 0 spiro atoms. The van der Waals surface area contributed by atoms with Gasteiger partial charge in [-0.25, -0.2) is 0 Å². The van der Waals surface area contributed by atoms with Crippen molar-refractivity contribution in [2.75, 3.05) is 6.79 Å². The number of rotatable bonds is 8. The molecule has 3 rings (SSSR count). The number of carbonyl (C=O) groups is 2. The molecule has 2 aromatic carbocycles. The summed E-state index contributed by atoms with van der Waals surface area (Å²) in [6.07, 6.45) is 0.724. The Morgan fingerprint density at radius 3 is 2.42 bits per heavy atom. The van der Waals surface area contributed by atoms with Crippen LogP contribution in [0.15, 0.2) is 36.4 Å². The number of nitrogens with zero attached hydrogens (tertiary/aromatic N) is 1. The summed E-state index contributed by atoms with van der Waals surface area (Å²) >= 11 is 12.7. The van der Waals surface area contributed by atoms with Crippen LogP contribution in [0.1, 0.15) is 38.3 Å². The number of hydrogen-bond donors (Lipinski definition) is 1. The molecule has 0 saturated carbocycles. The van der Waals surface area contributed by atoms with Gasteiger partial charge in [-0.1, -0.05) is 35.3 Å². The summed E-state index contributed by atoms with van der Waals surface area (Å²) in [5.41, 5.74) is 1.57. The number of carbonyl (C=O) groups excluding carboxylic acids is 2. The van der Waals surface area contributed by atoms with Crippen LogP contribution in [0.5, 0.6) is 11.5 Å². The number of ether oxygens (including phenoxy) is 2. The van der Waals surface area contributed by atoms with Crippen molar-refractivity contribution >= 4 is 35.0 Å². The van der Waals surface area contributed by atoms with Crippen LogP contribution in [0.2, 0.25) is 10.0 Å². The first-order valence-electron chi connectivity index (χ1n) is 10.2. The minimum Gasteiger partial charge on any atom is -0.454 e. The highest BCUT2D eigenvalue weighted by Crippen LogP contribution is 2.33. The minimum absolute atomic E-state index is 0.0376. The zero-order chi connectivity index (χ0) is 22.5. The molecule has 2 aromatic rings. The number of hydrogen-bond acceptors (Lipinski definition) is 4. The number of fused-ring (bicyclic) bond motifs is 1. The van der Waals surface area contributed by atoms with E-state index >= 15 is 0 Å². The van der Waals surface area contributed by atoms with Gasteiger partial charge in [-0.15, -0.1) is 0 Å². The molecule has 0 aromatic heterocycles. The zero-order valence-corrected chi connectivity index (χ0v) is 19.3. The maximum Gasteiger partial charge on any atom is 0.242 e. The smallest absolute Gasteiger partial charge is 0.242 e. The Kier molecular flexibility index (Phi) is 7.68. The van der Waals surface area contributed by atoms with Crippen molar-refractivity contribution in [2.24, 2.45) is 0 Å². The first-order valence-corrected chi connectivity index (χ1v) is 10.9. The van der Waals surface area contributed by atoms with Crippen LogP contribution in [0, 0.1) is 0 Å². The topological polar surface area (TPSA) is 67.9 Å². The fourth-order valence-electron chi connectivity index (χ4n) is 3.33. The van der Waals surface area contributed by atoms with Gasteiger partial charge in [-0.3, -0.25) is 9.59 Å². The summed E-state index contributed by atoms with van der Waals surface area (Å²) in [4.78, 5) is 27.4. The lowest BCUT2D eigenvalue weighted by molar-refractivity contribution is -0.140. The van der Waals surface area contributed by atoms with Crippen molar-refractivity contribution in [3.63, 3.8) is 0 Å². The summed E-state index contributed by atoms with van der Waals surface area (Å²) in [5, 5.41) is 3.78. The Bertz CT molecular complexity index is 944. The lowest BCUT2D eigenvalue weighted by Gasteiger charge is -2.30. The normalized spacial score (nSPS) is 13.2. The second-order valence-electron chi connectivity index (χ2n) is 7.75. The van der Waals surface area contributed by atoms with Crippen molar-refractivity contribution < 1.29 is 19.1 Å². The standard InChI is InChI=1S/C23H26Cl2N2O4/c1-14(2)26-23(29)15(3)27(12-17-18(24)5-4-6-19(17)25)22(28)10-8-16-7-9-20-21(11-16)31-13-30-20/h4-7,9,11,14-15H,8,10,12-13H2,1-3H3,(H,26,29). The Morgan fingerprint density at radius 2 is 1.74 bits per heavy atom. The molecule has 0 radical (unpaired) electrons. The first kappa shape index (κ1) is 23.2. The number of halogens is 2. The summed E-state index contributed by atoms with van der Waals surface area (Å²) in [6.45, 7) is 5.81. The van der Waals surface area contributed by atoms with Gasteiger partial charge in [0.05, 0.1) is 0 Å². The molecule has 31 heavy (non-hydrogen) atoms. The lowest BCUT2D eigenvalue weighted by Crippen LogP contribution is -2.49. The average molecular weight is 465 g/mol. The molecule has 1 aliphatic rings. The van der Waals surface area contributed by atoms with Gasteiger partial charge in [0.2, 0.25) is 18.6 Å². The second-order valence-corrected chi connectivity index (χ2v) is 8.56. The van der Waals surface area contributed by atoms with E-state index in [1.165, 1.54) is 4.90 Å². The van der Waals surface area contributed by atoms with Crippen LogP contribution < -0.4 is 14.8 Å². The van der Waals surface area contributed by atoms with Crippen molar-refractivity contribution in [1.82, 2.24) is 10.2 Å². The molecule has 6 nitrogen and oxygen atoms in total. The highest BCUT2D eigenvalue weighted by molar-refractivity contribution is 6.36. The van der Waals surface area contributed by atoms with E-state index in [0.29, 0.717) is 33.5 Å². The van der Waals surface area contributed by atoms with Crippen LogP contribution in [-0.2, 0) is 22.6 Å². The third-order valence-corrected chi connectivity index (χ3v) is 5.76. The summed E-state index contributed by atoms with van der Waals surface area (Å²) < 4.78 is 10.7. The zero-order valence-electron chi connectivity index (χ0n) is 17.8. The quantitative estimate of drug-likeness (QED) is 0.619. The maximum absolute atomic E-state index is 13.2. The molecule has 1 unspecified atom stereocenters. The fraction of sp³-hybridized carbons (Fsp3) is 0.391. The predicted octanol–water partition coefficient (Wildman–Crippen LogP) is 4.60. The molecule has 0 aliphatic carbocycles. The van der Waals surface area contributed by atoms with Crippen molar-refractivity contribution in [2.45, 2.75) is 52.2 Å². The Morgan fingerprint density at radius 1 is 1.06 bits per heavy atom. The minimum atomic E-state index is -0.681. The highest BCUT2D eigenvalue weighted by atomic mass is 35.5. The van der Waals surface area contributed by atoms with Gasteiger partial charge in [0.1, 0.15) is 6.04 Å². The third kappa shape index (κ3) is 5.83. The van der Waals surface area contributed by atoms with E-state index in [1.807, 2.05) is 32.0 Å². The molecular formula is C23H26Cl2N2O4. The molecular weight excluding hydrogens is 439 g/mol. The molecule has 0 fully saturated rings. The molecule has 0 bridgehead atoms. The fourth-order valence-corrected chi connectivity index (χ4v) is 3.85. The third-order valence-electron chi connectivity index (χ3n) is 5.05. The van der Waals surface area contributed by atoms with E-state index in [-0.39, 0.29) is 37.6 Å². The molecule has 8 heteroatoms. The molecule has 1 heterocycles. The van der Waals surface area contributed by atoms with E-state index in [2.05, 4.69) is 5.32 Å². The number of nitrogens with one attached hydrogen (secondary N) is 1. The first-order chi connectivity index (χ1) is 14.8. The summed E-state index contributed by atoms with van der Waals surface area (Å²) in [5.74, 6) is 0.980.